The second-order valence-corrected chi connectivity index (χ2v) is 4.64. The summed E-state index contributed by atoms with van der Waals surface area (Å²) in [6.07, 6.45) is -1.10. The number of rotatable bonds is 4. The van der Waals surface area contributed by atoms with Crippen molar-refractivity contribution < 1.29 is 13.6 Å². The molecule has 0 radical (unpaired) electrons. The molecule has 2 aromatic rings. The summed E-state index contributed by atoms with van der Waals surface area (Å²) in [5.41, 5.74) is 0.0692. The number of carbonyl (C=O) groups excluding carboxylic acids is 1. The maximum atomic E-state index is 12.8. The molecule has 0 bridgehead atoms. The van der Waals surface area contributed by atoms with E-state index in [0.29, 0.717) is 5.69 Å². The van der Waals surface area contributed by atoms with Crippen LogP contribution >= 0.6 is 0 Å². The molecule has 2 N–H and O–H groups in total. The van der Waals surface area contributed by atoms with Crippen LogP contribution in [0.4, 0.5) is 14.5 Å². The number of aromatic amines is 1. The fourth-order valence-corrected chi connectivity index (χ4v) is 1.69. The zero-order chi connectivity index (χ0) is 14.9. The Kier molecular flexibility index (Phi) is 3.82. The smallest absolute Gasteiger partial charge is 0.284 e. The zero-order valence-electron chi connectivity index (χ0n) is 11.3. The standard InChI is InChI=1S/C12H15F2N5O/c1-6(2)19-5-4-8(18-19)12(20)15-9-7(3)16-17-10(9)11(13)14/h4-6,11H,1-3H3,(H,15,20)(H,16,17). The summed E-state index contributed by atoms with van der Waals surface area (Å²) in [5, 5.41) is 12.4. The monoisotopic (exact) mass is 283 g/mol. The lowest BCUT2D eigenvalue weighted by atomic mass is 10.3. The highest BCUT2D eigenvalue weighted by molar-refractivity contribution is 6.03. The van der Waals surface area contributed by atoms with Gasteiger partial charge in [0.25, 0.3) is 12.3 Å². The van der Waals surface area contributed by atoms with E-state index in [2.05, 4.69) is 20.6 Å². The number of alkyl halides is 2. The van der Waals surface area contributed by atoms with Gasteiger partial charge in [0.15, 0.2) is 11.4 Å². The van der Waals surface area contributed by atoms with Crippen molar-refractivity contribution in [2.45, 2.75) is 33.2 Å². The van der Waals surface area contributed by atoms with Crippen molar-refractivity contribution in [1.29, 1.82) is 0 Å². The number of halogens is 2. The second kappa shape index (κ2) is 5.40. The summed E-state index contributed by atoms with van der Waals surface area (Å²) < 4.78 is 27.1. The third-order valence-electron chi connectivity index (χ3n) is 2.79. The normalized spacial score (nSPS) is 11.3. The molecule has 0 saturated heterocycles. The molecular weight excluding hydrogens is 268 g/mol. The molecule has 0 aliphatic heterocycles. The van der Waals surface area contributed by atoms with E-state index in [1.807, 2.05) is 13.8 Å². The van der Waals surface area contributed by atoms with Crippen LogP contribution in [0.15, 0.2) is 12.3 Å². The van der Waals surface area contributed by atoms with E-state index in [1.165, 1.54) is 6.07 Å². The topological polar surface area (TPSA) is 75.6 Å². The predicted molar refractivity (Wildman–Crippen MR) is 68.8 cm³/mol. The zero-order valence-corrected chi connectivity index (χ0v) is 11.3. The first-order valence-corrected chi connectivity index (χ1v) is 6.09. The lowest BCUT2D eigenvalue weighted by Crippen LogP contribution is -2.15. The Bertz CT molecular complexity index is 617. The summed E-state index contributed by atoms with van der Waals surface area (Å²) in [4.78, 5) is 12.0. The molecule has 20 heavy (non-hydrogen) atoms. The second-order valence-electron chi connectivity index (χ2n) is 4.64. The lowest BCUT2D eigenvalue weighted by molar-refractivity contribution is 0.102. The van der Waals surface area contributed by atoms with Gasteiger partial charge in [0.05, 0.1) is 11.4 Å². The average molecular weight is 283 g/mol. The Morgan fingerprint density at radius 3 is 2.70 bits per heavy atom. The molecule has 108 valence electrons. The van der Waals surface area contributed by atoms with Gasteiger partial charge in [0.1, 0.15) is 0 Å². The molecule has 0 atom stereocenters. The van der Waals surface area contributed by atoms with Crippen LogP contribution < -0.4 is 5.32 Å². The highest BCUT2D eigenvalue weighted by Crippen LogP contribution is 2.27. The molecule has 0 aromatic carbocycles. The molecular formula is C12H15F2N5O. The van der Waals surface area contributed by atoms with Gasteiger partial charge < -0.3 is 5.32 Å². The number of nitrogens with zero attached hydrogens (tertiary/aromatic N) is 3. The average Bonchev–Trinajstić information content (AvgIpc) is 2.97. The molecule has 2 heterocycles. The Morgan fingerprint density at radius 2 is 2.15 bits per heavy atom. The lowest BCUT2D eigenvalue weighted by Gasteiger charge is -2.06. The van der Waals surface area contributed by atoms with Gasteiger partial charge in [0.2, 0.25) is 0 Å². The molecule has 1 amide bonds. The maximum Gasteiger partial charge on any atom is 0.284 e. The van der Waals surface area contributed by atoms with Gasteiger partial charge in [-0.05, 0) is 26.8 Å². The highest BCUT2D eigenvalue weighted by atomic mass is 19.3. The number of hydrogen-bond donors (Lipinski definition) is 2. The molecule has 0 fully saturated rings. The summed E-state index contributed by atoms with van der Waals surface area (Å²) in [6.45, 7) is 5.40. The van der Waals surface area contributed by atoms with E-state index in [0.717, 1.165) is 0 Å². The minimum atomic E-state index is -2.76. The van der Waals surface area contributed by atoms with Crippen molar-refractivity contribution in [3.05, 3.63) is 29.3 Å². The van der Waals surface area contributed by atoms with E-state index in [1.54, 1.807) is 17.8 Å². The Balaban J connectivity index is 2.21. The van der Waals surface area contributed by atoms with Gasteiger partial charge in [-0.3, -0.25) is 14.6 Å². The van der Waals surface area contributed by atoms with Crippen molar-refractivity contribution in [1.82, 2.24) is 20.0 Å². The van der Waals surface area contributed by atoms with Crippen LogP contribution in [0.2, 0.25) is 0 Å². The number of amides is 1. The number of H-pyrrole nitrogens is 1. The first-order valence-electron chi connectivity index (χ1n) is 6.09. The largest absolute Gasteiger partial charge is 0.317 e. The molecule has 0 aliphatic carbocycles. The fraction of sp³-hybridized carbons (Fsp3) is 0.417. The summed E-state index contributed by atoms with van der Waals surface area (Å²) in [7, 11) is 0. The van der Waals surface area contributed by atoms with E-state index in [9.17, 15) is 13.6 Å². The first-order chi connectivity index (χ1) is 9.40. The van der Waals surface area contributed by atoms with Crippen LogP contribution in [-0.4, -0.2) is 25.9 Å². The van der Waals surface area contributed by atoms with Gasteiger partial charge in [0, 0.05) is 12.2 Å². The quantitative estimate of drug-likeness (QED) is 0.905. The maximum absolute atomic E-state index is 12.8. The molecule has 0 unspecified atom stereocenters. The predicted octanol–water partition coefficient (Wildman–Crippen LogP) is 2.69. The minimum absolute atomic E-state index is 0.00379. The third kappa shape index (κ3) is 2.68. The summed E-state index contributed by atoms with van der Waals surface area (Å²) in [5.74, 6) is -0.546. The van der Waals surface area contributed by atoms with Crippen molar-refractivity contribution in [2.75, 3.05) is 5.32 Å². The van der Waals surface area contributed by atoms with Crippen LogP contribution in [-0.2, 0) is 0 Å². The number of anilines is 1. The van der Waals surface area contributed by atoms with Crippen molar-refractivity contribution in [3.63, 3.8) is 0 Å². The van der Waals surface area contributed by atoms with E-state index in [4.69, 9.17) is 0 Å². The molecule has 2 rings (SSSR count). The van der Waals surface area contributed by atoms with Gasteiger partial charge in [-0.15, -0.1) is 0 Å². The van der Waals surface area contributed by atoms with E-state index in [-0.39, 0.29) is 17.4 Å². The van der Waals surface area contributed by atoms with Crippen LogP contribution in [0.1, 0.15) is 48.2 Å². The van der Waals surface area contributed by atoms with Crippen LogP contribution in [0, 0.1) is 6.92 Å². The van der Waals surface area contributed by atoms with Gasteiger partial charge in [-0.25, -0.2) is 8.78 Å². The van der Waals surface area contributed by atoms with Crippen LogP contribution in [0.25, 0.3) is 0 Å². The Labute approximate surface area is 114 Å². The molecule has 6 nitrogen and oxygen atoms in total. The summed E-state index contributed by atoms with van der Waals surface area (Å²) >= 11 is 0. The van der Waals surface area contributed by atoms with E-state index < -0.39 is 18.0 Å². The van der Waals surface area contributed by atoms with Crippen LogP contribution in [0.3, 0.4) is 0 Å². The van der Waals surface area contributed by atoms with Gasteiger partial charge in [-0.1, -0.05) is 0 Å². The molecule has 2 aromatic heterocycles. The molecule has 8 heteroatoms. The first kappa shape index (κ1) is 14.2. The fourth-order valence-electron chi connectivity index (χ4n) is 1.69. The van der Waals surface area contributed by atoms with E-state index >= 15 is 0 Å². The Hall–Kier alpha value is -2.25. The van der Waals surface area contributed by atoms with Gasteiger partial charge >= 0.3 is 0 Å². The SMILES string of the molecule is Cc1[nH]nc(C(F)F)c1NC(=O)c1ccn(C(C)C)n1. The summed E-state index contributed by atoms with van der Waals surface area (Å²) in [6, 6.07) is 1.65. The van der Waals surface area contributed by atoms with Crippen molar-refractivity contribution >= 4 is 11.6 Å². The van der Waals surface area contributed by atoms with Gasteiger partial charge in [-0.2, -0.15) is 10.2 Å². The van der Waals surface area contributed by atoms with Crippen LogP contribution in [0.5, 0.6) is 0 Å². The molecule has 0 spiro atoms. The highest BCUT2D eigenvalue weighted by Gasteiger charge is 2.22. The number of hydrogen-bond acceptors (Lipinski definition) is 3. The number of aryl methyl sites for hydroxylation is 1. The minimum Gasteiger partial charge on any atom is -0.317 e. The molecule has 0 aliphatic rings. The van der Waals surface area contributed by atoms with Crippen molar-refractivity contribution in [2.24, 2.45) is 0 Å². The Morgan fingerprint density at radius 1 is 1.45 bits per heavy atom. The number of carbonyl (C=O) groups is 1. The number of nitrogens with one attached hydrogen (secondary N) is 2. The van der Waals surface area contributed by atoms with Crippen molar-refractivity contribution in [3.8, 4) is 0 Å². The third-order valence-corrected chi connectivity index (χ3v) is 2.79. The number of aromatic nitrogens is 4. The molecule has 0 saturated carbocycles.